The maximum atomic E-state index is 13.9. The zero-order chi connectivity index (χ0) is 12.3. The van der Waals surface area contributed by atoms with Crippen molar-refractivity contribution in [1.82, 2.24) is 0 Å². The van der Waals surface area contributed by atoms with E-state index in [1.165, 1.54) is 12.5 Å². The monoisotopic (exact) mass is 253 g/mol. The predicted octanol–water partition coefficient (Wildman–Crippen LogP) is 2.47. The Morgan fingerprint density at radius 1 is 1.29 bits per heavy atom. The fraction of sp³-hybridized carbons (Fsp3) is 0.417. The third-order valence-electron chi connectivity index (χ3n) is 2.91. The number of benzene rings is 1. The highest BCUT2D eigenvalue weighted by Gasteiger charge is 2.14. The lowest BCUT2D eigenvalue weighted by Gasteiger charge is -2.29. The van der Waals surface area contributed by atoms with E-state index in [0.717, 1.165) is 25.9 Å². The van der Waals surface area contributed by atoms with Crippen LogP contribution >= 0.6 is 12.2 Å². The van der Waals surface area contributed by atoms with Gasteiger partial charge in [0.15, 0.2) is 5.11 Å². The SMILES string of the molecule is NC(=S)Nc1ccc(N2CCCCC2)c(F)c1. The first-order chi connectivity index (χ1) is 8.16. The highest BCUT2D eigenvalue weighted by atomic mass is 32.1. The highest BCUT2D eigenvalue weighted by Crippen LogP contribution is 2.25. The van der Waals surface area contributed by atoms with Crippen LogP contribution in [0.4, 0.5) is 15.8 Å². The first-order valence-corrected chi connectivity index (χ1v) is 6.18. The third kappa shape index (κ3) is 3.06. The highest BCUT2D eigenvalue weighted by molar-refractivity contribution is 7.80. The van der Waals surface area contributed by atoms with Gasteiger partial charge in [-0.15, -0.1) is 0 Å². The molecule has 0 atom stereocenters. The number of hydrogen-bond acceptors (Lipinski definition) is 2. The molecular formula is C12H16FN3S. The Morgan fingerprint density at radius 3 is 2.59 bits per heavy atom. The molecule has 1 aliphatic heterocycles. The Hall–Kier alpha value is -1.36. The summed E-state index contributed by atoms with van der Waals surface area (Å²) in [5.41, 5.74) is 6.60. The normalized spacial score (nSPS) is 15.7. The van der Waals surface area contributed by atoms with E-state index in [1.54, 1.807) is 12.1 Å². The minimum Gasteiger partial charge on any atom is -0.376 e. The van der Waals surface area contributed by atoms with Crippen LogP contribution in [0.25, 0.3) is 0 Å². The molecule has 1 aromatic carbocycles. The molecule has 1 saturated heterocycles. The molecule has 1 aromatic rings. The van der Waals surface area contributed by atoms with Crippen molar-refractivity contribution in [3.05, 3.63) is 24.0 Å². The summed E-state index contributed by atoms with van der Waals surface area (Å²) in [6.07, 6.45) is 3.50. The van der Waals surface area contributed by atoms with Crippen LogP contribution in [0.3, 0.4) is 0 Å². The largest absolute Gasteiger partial charge is 0.376 e. The molecular weight excluding hydrogens is 237 g/mol. The molecule has 0 aromatic heterocycles. The van der Waals surface area contributed by atoms with Crippen LogP contribution in [0, 0.1) is 5.82 Å². The van der Waals surface area contributed by atoms with Gasteiger partial charge in [0.25, 0.3) is 0 Å². The van der Waals surface area contributed by atoms with E-state index in [-0.39, 0.29) is 10.9 Å². The van der Waals surface area contributed by atoms with Gasteiger partial charge in [-0.3, -0.25) is 0 Å². The lowest BCUT2D eigenvalue weighted by Crippen LogP contribution is -2.30. The van der Waals surface area contributed by atoms with Gasteiger partial charge in [0, 0.05) is 18.8 Å². The smallest absolute Gasteiger partial charge is 0.168 e. The number of halogens is 1. The van der Waals surface area contributed by atoms with Crippen LogP contribution in [0.5, 0.6) is 0 Å². The maximum absolute atomic E-state index is 13.9. The van der Waals surface area contributed by atoms with E-state index in [9.17, 15) is 4.39 Å². The van der Waals surface area contributed by atoms with Gasteiger partial charge in [-0.1, -0.05) is 0 Å². The molecule has 0 radical (unpaired) electrons. The van der Waals surface area contributed by atoms with Gasteiger partial charge in [0.05, 0.1) is 5.69 Å². The third-order valence-corrected chi connectivity index (χ3v) is 3.01. The van der Waals surface area contributed by atoms with Crippen LogP contribution in [-0.2, 0) is 0 Å². The molecule has 0 aliphatic carbocycles. The van der Waals surface area contributed by atoms with Crippen LogP contribution < -0.4 is 16.0 Å². The average Bonchev–Trinajstić information content (AvgIpc) is 2.29. The first kappa shape index (κ1) is 12.1. The van der Waals surface area contributed by atoms with Crippen molar-refractivity contribution >= 4 is 28.7 Å². The van der Waals surface area contributed by atoms with Crippen molar-refractivity contribution in [2.24, 2.45) is 5.73 Å². The summed E-state index contributed by atoms with van der Waals surface area (Å²) in [5, 5.41) is 2.87. The van der Waals surface area contributed by atoms with Crippen molar-refractivity contribution in [2.75, 3.05) is 23.3 Å². The van der Waals surface area contributed by atoms with E-state index in [0.29, 0.717) is 11.4 Å². The summed E-state index contributed by atoms with van der Waals surface area (Å²) in [7, 11) is 0. The van der Waals surface area contributed by atoms with E-state index in [1.807, 2.05) is 0 Å². The molecule has 0 spiro atoms. The number of nitrogens with one attached hydrogen (secondary N) is 1. The standard InChI is InChI=1S/C12H16FN3S/c13-10-8-9(15-12(14)17)4-5-11(10)16-6-2-1-3-7-16/h4-5,8H,1-3,6-7H2,(H3,14,15,17). The molecule has 0 unspecified atom stereocenters. The van der Waals surface area contributed by atoms with E-state index in [2.05, 4.69) is 10.2 Å². The Morgan fingerprint density at radius 2 is 2.00 bits per heavy atom. The van der Waals surface area contributed by atoms with Gasteiger partial charge in [-0.25, -0.2) is 4.39 Å². The minimum absolute atomic E-state index is 0.148. The van der Waals surface area contributed by atoms with Gasteiger partial charge < -0.3 is 16.0 Å². The molecule has 1 heterocycles. The number of hydrogen-bond donors (Lipinski definition) is 2. The van der Waals surface area contributed by atoms with Crippen molar-refractivity contribution in [1.29, 1.82) is 0 Å². The molecule has 5 heteroatoms. The van der Waals surface area contributed by atoms with Crippen molar-refractivity contribution < 1.29 is 4.39 Å². The Labute approximate surface area is 106 Å². The molecule has 2 rings (SSSR count). The van der Waals surface area contributed by atoms with Crippen molar-refractivity contribution in [3.63, 3.8) is 0 Å². The quantitative estimate of drug-likeness (QED) is 0.795. The molecule has 92 valence electrons. The molecule has 0 saturated carbocycles. The Balaban J connectivity index is 2.15. The molecule has 0 amide bonds. The van der Waals surface area contributed by atoms with Gasteiger partial charge in [-0.2, -0.15) is 0 Å². The van der Waals surface area contributed by atoms with Crippen LogP contribution in [-0.4, -0.2) is 18.2 Å². The second kappa shape index (κ2) is 5.31. The molecule has 3 nitrogen and oxygen atoms in total. The summed E-state index contributed by atoms with van der Waals surface area (Å²) >= 11 is 4.71. The van der Waals surface area contributed by atoms with E-state index >= 15 is 0 Å². The summed E-state index contributed by atoms with van der Waals surface area (Å²) in [6.45, 7) is 1.86. The van der Waals surface area contributed by atoms with Gasteiger partial charge >= 0.3 is 0 Å². The first-order valence-electron chi connectivity index (χ1n) is 5.78. The molecule has 3 N–H and O–H groups in total. The molecule has 1 fully saturated rings. The number of nitrogens with zero attached hydrogens (tertiary/aromatic N) is 1. The number of nitrogens with two attached hydrogens (primary N) is 1. The average molecular weight is 253 g/mol. The number of thiocarbonyl (C=S) groups is 1. The van der Waals surface area contributed by atoms with Crippen LogP contribution in [0.15, 0.2) is 18.2 Å². The maximum Gasteiger partial charge on any atom is 0.168 e. The number of anilines is 2. The molecule has 1 aliphatic rings. The zero-order valence-electron chi connectivity index (χ0n) is 9.58. The fourth-order valence-electron chi connectivity index (χ4n) is 2.12. The van der Waals surface area contributed by atoms with Crippen LogP contribution in [0.2, 0.25) is 0 Å². The molecule has 17 heavy (non-hydrogen) atoms. The fourth-order valence-corrected chi connectivity index (χ4v) is 2.24. The second-order valence-electron chi connectivity index (χ2n) is 4.20. The topological polar surface area (TPSA) is 41.3 Å². The zero-order valence-corrected chi connectivity index (χ0v) is 10.4. The lowest BCUT2D eigenvalue weighted by molar-refractivity contribution is 0.557. The number of rotatable bonds is 2. The Kier molecular flexibility index (Phi) is 3.78. The van der Waals surface area contributed by atoms with Gasteiger partial charge in [0.1, 0.15) is 5.82 Å². The van der Waals surface area contributed by atoms with Crippen LogP contribution in [0.1, 0.15) is 19.3 Å². The second-order valence-corrected chi connectivity index (χ2v) is 4.64. The minimum atomic E-state index is -0.229. The van der Waals surface area contributed by atoms with E-state index in [4.69, 9.17) is 18.0 Å². The summed E-state index contributed by atoms with van der Waals surface area (Å²) in [6, 6.07) is 5.01. The lowest BCUT2D eigenvalue weighted by atomic mass is 10.1. The Bertz CT molecular complexity index is 416. The van der Waals surface area contributed by atoms with E-state index < -0.39 is 0 Å². The van der Waals surface area contributed by atoms with Gasteiger partial charge in [0.2, 0.25) is 0 Å². The predicted molar refractivity (Wildman–Crippen MR) is 72.9 cm³/mol. The summed E-state index contributed by atoms with van der Waals surface area (Å²) < 4.78 is 13.9. The van der Waals surface area contributed by atoms with Crippen molar-refractivity contribution in [2.45, 2.75) is 19.3 Å². The summed E-state index contributed by atoms with van der Waals surface area (Å²) in [4.78, 5) is 2.09. The summed E-state index contributed by atoms with van der Waals surface area (Å²) in [5.74, 6) is -0.229. The van der Waals surface area contributed by atoms with Crippen molar-refractivity contribution in [3.8, 4) is 0 Å². The van der Waals surface area contributed by atoms with Gasteiger partial charge in [-0.05, 0) is 49.7 Å². The number of piperidine rings is 1. The molecule has 0 bridgehead atoms.